The largest absolute Gasteiger partial charge is 0.329 e. The fourth-order valence-electron chi connectivity index (χ4n) is 1.51. The molecule has 0 unspecified atom stereocenters. The van der Waals surface area contributed by atoms with Crippen molar-refractivity contribution in [3.05, 3.63) is 33.7 Å². The molecule has 0 saturated carbocycles. The van der Waals surface area contributed by atoms with E-state index in [9.17, 15) is 4.79 Å². The maximum absolute atomic E-state index is 11.4. The Kier molecular flexibility index (Phi) is 2.09. The first-order valence-electron chi connectivity index (χ1n) is 4.11. The number of H-pyrrole nitrogens is 1. The van der Waals surface area contributed by atoms with Crippen molar-refractivity contribution in [3.63, 3.8) is 0 Å². The third kappa shape index (κ3) is 1.58. The second-order valence-electron chi connectivity index (χ2n) is 4.11. The Morgan fingerprint density at radius 3 is 2.25 bits per heavy atom. The lowest BCUT2D eigenvalue weighted by Crippen LogP contribution is -2.25. The van der Waals surface area contributed by atoms with Gasteiger partial charge in [0.15, 0.2) is 0 Å². The first kappa shape index (κ1) is 9.04. The highest BCUT2D eigenvalue weighted by Gasteiger charge is 2.19. The van der Waals surface area contributed by atoms with E-state index >= 15 is 0 Å². The van der Waals surface area contributed by atoms with Gasteiger partial charge in [-0.2, -0.15) is 0 Å². The van der Waals surface area contributed by atoms with Gasteiger partial charge in [0.25, 0.3) is 5.56 Å². The molecule has 0 aliphatic heterocycles. The summed E-state index contributed by atoms with van der Waals surface area (Å²) in [5.41, 5.74) is 1.90. The summed E-state index contributed by atoms with van der Waals surface area (Å²) in [7, 11) is 0. The molecule has 0 amide bonds. The van der Waals surface area contributed by atoms with Gasteiger partial charge >= 0.3 is 0 Å². The van der Waals surface area contributed by atoms with E-state index < -0.39 is 0 Å². The van der Waals surface area contributed by atoms with E-state index in [-0.39, 0.29) is 11.0 Å². The molecule has 2 nitrogen and oxygen atoms in total. The molecule has 0 aromatic carbocycles. The van der Waals surface area contributed by atoms with Gasteiger partial charge in [-0.1, -0.05) is 20.8 Å². The number of nitrogens with one attached hydrogen (secondary N) is 1. The van der Waals surface area contributed by atoms with Crippen LogP contribution in [-0.2, 0) is 5.41 Å². The van der Waals surface area contributed by atoms with Gasteiger partial charge in [0.2, 0.25) is 0 Å². The minimum Gasteiger partial charge on any atom is -0.329 e. The molecule has 0 atom stereocenters. The Morgan fingerprint density at radius 1 is 1.33 bits per heavy atom. The average molecular weight is 165 g/mol. The standard InChI is InChI=1S/C10H15NO/c1-7-5-6-11-9(12)8(7)10(2,3)4/h5-6H,1-4H3,(H,11,12). The fraction of sp³-hybridized carbons (Fsp3) is 0.500. The summed E-state index contributed by atoms with van der Waals surface area (Å²) < 4.78 is 0. The van der Waals surface area contributed by atoms with Gasteiger partial charge in [-0.3, -0.25) is 4.79 Å². The average Bonchev–Trinajstić information content (AvgIpc) is 1.82. The molecule has 0 spiro atoms. The summed E-state index contributed by atoms with van der Waals surface area (Å²) in [6.07, 6.45) is 1.69. The van der Waals surface area contributed by atoms with E-state index in [1.807, 2.05) is 33.8 Å². The molecule has 1 rings (SSSR count). The molecule has 0 saturated heterocycles. The molecular formula is C10H15NO. The molecular weight excluding hydrogens is 150 g/mol. The van der Waals surface area contributed by atoms with E-state index in [0.29, 0.717) is 0 Å². The van der Waals surface area contributed by atoms with Crippen molar-refractivity contribution in [2.45, 2.75) is 33.1 Å². The molecule has 0 aliphatic carbocycles. The lowest BCUT2D eigenvalue weighted by Gasteiger charge is -2.19. The van der Waals surface area contributed by atoms with Crippen LogP contribution in [-0.4, -0.2) is 4.98 Å². The van der Waals surface area contributed by atoms with Crippen molar-refractivity contribution < 1.29 is 0 Å². The molecule has 12 heavy (non-hydrogen) atoms. The second kappa shape index (κ2) is 2.77. The lowest BCUT2D eigenvalue weighted by molar-refractivity contribution is 0.577. The van der Waals surface area contributed by atoms with Crippen LogP contribution in [0.3, 0.4) is 0 Å². The maximum atomic E-state index is 11.4. The first-order valence-corrected chi connectivity index (χ1v) is 4.11. The highest BCUT2D eigenvalue weighted by atomic mass is 16.1. The smallest absolute Gasteiger partial charge is 0.251 e. The Morgan fingerprint density at radius 2 is 1.92 bits per heavy atom. The summed E-state index contributed by atoms with van der Waals surface area (Å²) >= 11 is 0. The van der Waals surface area contributed by atoms with Crippen molar-refractivity contribution in [1.29, 1.82) is 0 Å². The third-order valence-electron chi connectivity index (χ3n) is 1.92. The van der Waals surface area contributed by atoms with Gasteiger partial charge in [0.1, 0.15) is 0 Å². The molecule has 1 aromatic heterocycles. The summed E-state index contributed by atoms with van der Waals surface area (Å²) in [6, 6.07) is 1.93. The zero-order chi connectivity index (χ0) is 9.35. The summed E-state index contributed by atoms with van der Waals surface area (Å²) in [6.45, 7) is 8.11. The zero-order valence-corrected chi connectivity index (χ0v) is 8.06. The highest BCUT2D eigenvalue weighted by molar-refractivity contribution is 5.28. The second-order valence-corrected chi connectivity index (χ2v) is 4.11. The Balaban J connectivity index is 3.42. The summed E-state index contributed by atoms with van der Waals surface area (Å²) in [5, 5.41) is 0. The minimum absolute atomic E-state index is 0.0301. The summed E-state index contributed by atoms with van der Waals surface area (Å²) in [5.74, 6) is 0. The van der Waals surface area contributed by atoms with E-state index in [4.69, 9.17) is 0 Å². The zero-order valence-electron chi connectivity index (χ0n) is 8.06. The van der Waals surface area contributed by atoms with Crippen molar-refractivity contribution >= 4 is 0 Å². The predicted octanol–water partition coefficient (Wildman–Crippen LogP) is 1.98. The molecule has 0 bridgehead atoms. The number of hydrogen-bond acceptors (Lipinski definition) is 1. The molecule has 2 heteroatoms. The number of aromatic nitrogens is 1. The van der Waals surface area contributed by atoms with Crippen LogP contribution in [0.1, 0.15) is 31.9 Å². The number of aromatic amines is 1. The summed E-state index contributed by atoms with van der Waals surface area (Å²) in [4.78, 5) is 14.1. The minimum atomic E-state index is -0.0705. The van der Waals surface area contributed by atoms with Crippen LogP contribution in [0.2, 0.25) is 0 Å². The number of rotatable bonds is 0. The van der Waals surface area contributed by atoms with E-state index in [1.54, 1.807) is 6.20 Å². The van der Waals surface area contributed by atoms with Crippen molar-refractivity contribution in [2.75, 3.05) is 0 Å². The van der Waals surface area contributed by atoms with Gasteiger partial charge in [0.05, 0.1) is 0 Å². The quantitative estimate of drug-likeness (QED) is 0.626. The molecule has 0 aliphatic rings. The molecule has 66 valence electrons. The van der Waals surface area contributed by atoms with Gasteiger partial charge < -0.3 is 4.98 Å². The molecule has 1 N–H and O–H groups in total. The first-order chi connectivity index (χ1) is 5.43. The van der Waals surface area contributed by atoms with Crippen LogP contribution in [0.4, 0.5) is 0 Å². The lowest BCUT2D eigenvalue weighted by atomic mass is 9.85. The van der Waals surface area contributed by atoms with Crippen molar-refractivity contribution in [3.8, 4) is 0 Å². The van der Waals surface area contributed by atoms with Crippen LogP contribution in [0.25, 0.3) is 0 Å². The Labute approximate surface area is 72.6 Å². The molecule has 1 heterocycles. The fourth-order valence-corrected chi connectivity index (χ4v) is 1.51. The van der Waals surface area contributed by atoms with E-state index in [1.165, 1.54) is 0 Å². The van der Waals surface area contributed by atoms with Gasteiger partial charge in [-0.25, -0.2) is 0 Å². The van der Waals surface area contributed by atoms with E-state index in [2.05, 4.69) is 4.98 Å². The molecule has 0 radical (unpaired) electrons. The van der Waals surface area contributed by atoms with Crippen molar-refractivity contribution in [2.24, 2.45) is 0 Å². The van der Waals surface area contributed by atoms with Crippen LogP contribution >= 0.6 is 0 Å². The normalized spacial score (nSPS) is 11.7. The predicted molar refractivity (Wildman–Crippen MR) is 50.5 cm³/mol. The van der Waals surface area contributed by atoms with Crippen LogP contribution in [0.15, 0.2) is 17.1 Å². The monoisotopic (exact) mass is 165 g/mol. The Hall–Kier alpha value is -1.05. The molecule has 1 aromatic rings. The van der Waals surface area contributed by atoms with Gasteiger partial charge in [0, 0.05) is 11.8 Å². The Bertz CT molecular complexity index is 330. The maximum Gasteiger partial charge on any atom is 0.251 e. The van der Waals surface area contributed by atoms with E-state index in [0.717, 1.165) is 11.1 Å². The molecule has 0 fully saturated rings. The number of pyridine rings is 1. The highest BCUT2D eigenvalue weighted by Crippen LogP contribution is 2.20. The van der Waals surface area contributed by atoms with Gasteiger partial charge in [-0.15, -0.1) is 0 Å². The number of aryl methyl sites for hydroxylation is 1. The van der Waals surface area contributed by atoms with Crippen LogP contribution in [0, 0.1) is 6.92 Å². The van der Waals surface area contributed by atoms with Gasteiger partial charge in [-0.05, 0) is 24.0 Å². The number of hydrogen-bond donors (Lipinski definition) is 1. The third-order valence-corrected chi connectivity index (χ3v) is 1.92. The SMILES string of the molecule is Cc1cc[nH]c(=O)c1C(C)(C)C. The van der Waals surface area contributed by atoms with Crippen LogP contribution < -0.4 is 5.56 Å². The van der Waals surface area contributed by atoms with Crippen LogP contribution in [0.5, 0.6) is 0 Å². The topological polar surface area (TPSA) is 32.9 Å². The van der Waals surface area contributed by atoms with Crippen molar-refractivity contribution in [1.82, 2.24) is 4.98 Å².